The highest BCUT2D eigenvalue weighted by Gasteiger charge is 2.23. The molecule has 1 aromatic rings. The van der Waals surface area contributed by atoms with Gasteiger partial charge in [-0.2, -0.15) is 0 Å². The standard InChI is InChI=1S/C12H19N5O/c1-7(2)11-14-6-9(17-13)10(16-11)12(18)15-8-4-3-5-8/h6-8,17H,3-5,13H2,1-2H3,(H,15,18). The molecule has 0 radical (unpaired) electrons. The molecule has 1 aliphatic carbocycles. The molecule has 0 saturated heterocycles. The predicted molar refractivity (Wildman–Crippen MR) is 69.0 cm³/mol. The number of nitrogens with zero attached hydrogens (tertiary/aromatic N) is 2. The number of nitrogen functional groups attached to an aromatic ring is 1. The van der Waals surface area contributed by atoms with E-state index in [-0.39, 0.29) is 17.9 Å². The summed E-state index contributed by atoms with van der Waals surface area (Å²) in [6.45, 7) is 3.97. The van der Waals surface area contributed by atoms with Crippen LogP contribution in [0.25, 0.3) is 0 Å². The lowest BCUT2D eigenvalue weighted by molar-refractivity contribution is 0.0912. The van der Waals surface area contributed by atoms with E-state index in [9.17, 15) is 4.79 Å². The van der Waals surface area contributed by atoms with Crippen molar-refractivity contribution in [3.8, 4) is 0 Å². The lowest BCUT2D eigenvalue weighted by atomic mass is 9.93. The Balaban J connectivity index is 2.21. The Labute approximate surface area is 106 Å². The van der Waals surface area contributed by atoms with Crippen LogP contribution < -0.4 is 16.6 Å². The number of nitrogens with two attached hydrogens (primary N) is 1. The molecule has 6 nitrogen and oxygen atoms in total. The highest BCUT2D eigenvalue weighted by Crippen LogP contribution is 2.20. The van der Waals surface area contributed by atoms with Crippen molar-refractivity contribution in [2.24, 2.45) is 5.84 Å². The van der Waals surface area contributed by atoms with Crippen molar-refractivity contribution in [1.29, 1.82) is 0 Å². The van der Waals surface area contributed by atoms with Crippen LogP contribution >= 0.6 is 0 Å². The Bertz CT molecular complexity index is 442. The molecule has 1 heterocycles. The second-order valence-corrected chi connectivity index (χ2v) is 4.89. The predicted octanol–water partition coefficient (Wildman–Crippen LogP) is 1.17. The molecule has 98 valence electrons. The van der Waals surface area contributed by atoms with Gasteiger partial charge in [0.2, 0.25) is 0 Å². The average Bonchev–Trinajstić information content (AvgIpc) is 2.32. The van der Waals surface area contributed by atoms with Crippen LogP contribution in [0.5, 0.6) is 0 Å². The number of nitrogens with one attached hydrogen (secondary N) is 2. The van der Waals surface area contributed by atoms with Gasteiger partial charge >= 0.3 is 0 Å². The molecule has 0 aromatic carbocycles. The van der Waals surface area contributed by atoms with E-state index in [1.54, 1.807) is 6.20 Å². The van der Waals surface area contributed by atoms with Crippen molar-refractivity contribution in [3.05, 3.63) is 17.7 Å². The fourth-order valence-electron chi connectivity index (χ4n) is 1.76. The van der Waals surface area contributed by atoms with E-state index in [4.69, 9.17) is 5.84 Å². The van der Waals surface area contributed by atoms with Gasteiger partial charge in [0.25, 0.3) is 5.91 Å². The van der Waals surface area contributed by atoms with Crippen molar-refractivity contribution in [3.63, 3.8) is 0 Å². The molecule has 0 unspecified atom stereocenters. The van der Waals surface area contributed by atoms with Gasteiger partial charge in [0, 0.05) is 12.0 Å². The third-order valence-corrected chi connectivity index (χ3v) is 3.13. The molecule has 1 aliphatic rings. The first-order valence-corrected chi connectivity index (χ1v) is 6.26. The Hall–Kier alpha value is -1.69. The van der Waals surface area contributed by atoms with Crippen LogP contribution in [0.2, 0.25) is 0 Å². The lowest BCUT2D eigenvalue weighted by Gasteiger charge is -2.26. The third kappa shape index (κ3) is 2.59. The van der Waals surface area contributed by atoms with Gasteiger partial charge in [0.1, 0.15) is 5.82 Å². The normalized spacial score (nSPS) is 15.3. The Morgan fingerprint density at radius 2 is 2.22 bits per heavy atom. The van der Waals surface area contributed by atoms with Crippen LogP contribution in [0.15, 0.2) is 6.20 Å². The summed E-state index contributed by atoms with van der Waals surface area (Å²) in [7, 11) is 0. The third-order valence-electron chi connectivity index (χ3n) is 3.13. The van der Waals surface area contributed by atoms with Crippen LogP contribution in [-0.2, 0) is 0 Å². The van der Waals surface area contributed by atoms with Crippen LogP contribution in [-0.4, -0.2) is 21.9 Å². The lowest BCUT2D eigenvalue weighted by Crippen LogP contribution is -2.40. The number of hydrogen-bond acceptors (Lipinski definition) is 5. The zero-order valence-electron chi connectivity index (χ0n) is 10.7. The minimum Gasteiger partial charge on any atom is -0.348 e. The van der Waals surface area contributed by atoms with E-state index in [2.05, 4.69) is 20.7 Å². The molecule has 2 rings (SSSR count). The van der Waals surface area contributed by atoms with E-state index in [0.717, 1.165) is 12.8 Å². The number of amides is 1. The summed E-state index contributed by atoms with van der Waals surface area (Å²) in [6.07, 6.45) is 4.81. The van der Waals surface area contributed by atoms with Gasteiger partial charge in [-0.3, -0.25) is 10.6 Å². The van der Waals surface area contributed by atoms with Crippen LogP contribution in [0, 0.1) is 0 Å². The van der Waals surface area contributed by atoms with Gasteiger partial charge in [-0.15, -0.1) is 0 Å². The summed E-state index contributed by atoms with van der Waals surface area (Å²) < 4.78 is 0. The summed E-state index contributed by atoms with van der Waals surface area (Å²) >= 11 is 0. The van der Waals surface area contributed by atoms with Crippen molar-refractivity contribution in [2.45, 2.75) is 45.1 Å². The number of aromatic nitrogens is 2. The fourth-order valence-corrected chi connectivity index (χ4v) is 1.76. The van der Waals surface area contributed by atoms with Crippen molar-refractivity contribution < 1.29 is 4.79 Å². The van der Waals surface area contributed by atoms with Crippen molar-refractivity contribution in [1.82, 2.24) is 15.3 Å². The molecular weight excluding hydrogens is 230 g/mol. The molecule has 1 saturated carbocycles. The summed E-state index contributed by atoms with van der Waals surface area (Å²) in [6, 6.07) is 0.278. The number of anilines is 1. The monoisotopic (exact) mass is 249 g/mol. The zero-order chi connectivity index (χ0) is 13.1. The van der Waals surface area contributed by atoms with Gasteiger partial charge in [-0.1, -0.05) is 13.8 Å². The van der Waals surface area contributed by atoms with Crippen LogP contribution in [0.4, 0.5) is 5.69 Å². The zero-order valence-corrected chi connectivity index (χ0v) is 10.7. The fraction of sp³-hybridized carbons (Fsp3) is 0.583. The largest absolute Gasteiger partial charge is 0.348 e. The smallest absolute Gasteiger partial charge is 0.272 e. The van der Waals surface area contributed by atoms with Crippen molar-refractivity contribution >= 4 is 11.6 Å². The summed E-state index contributed by atoms with van der Waals surface area (Å²) in [5.74, 6) is 6.02. The molecule has 6 heteroatoms. The van der Waals surface area contributed by atoms with Crippen LogP contribution in [0.3, 0.4) is 0 Å². The van der Waals surface area contributed by atoms with E-state index >= 15 is 0 Å². The van der Waals surface area contributed by atoms with E-state index in [1.165, 1.54) is 6.42 Å². The van der Waals surface area contributed by atoms with Gasteiger partial charge in [-0.05, 0) is 19.3 Å². The maximum absolute atomic E-state index is 12.1. The van der Waals surface area contributed by atoms with Gasteiger partial charge in [0.15, 0.2) is 5.69 Å². The highest BCUT2D eigenvalue weighted by atomic mass is 16.2. The number of hydrogen-bond donors (Lipinski definition) is 3. The summed E-state index contributed by atoms with van der Waals surface area (Å²) in [5, 5.41) is 2.95. The van der Waals surface area contributed by atoms with Crippen molar-refractivity contribution in [2.75, 3.05) is 5.43 Å². The van der Waals surface area contributed by atoms with E-state index in [1.807, 2.05) is 13.8 Å². The first-order valence-electron chi connectivity index (χ1n) is 6.26. The molecule has 0 atom stereocenters. The number of carbonyl (C=O) groups excluding carboxylic acids is 1. The topological polar surface area (TPSA) is 92.9 Å². The Morgan fingerprint density at radius 1 is 1.50 bits per heavy atom. The summed E-state index contributed by atoms with van der Waals surface area (Å²) in [4.78, 5) is 20.6. The van der Waals surface area contributed by atoms with Crippen LogP contribution in [0.1, 0.15) is 55.3 Å². The first kappa shape index (κ1) is 12.8. The number of rotatable bonds is 4. The number of carbonyl (C=O) groups is 1. The molecule has 0 spiro atoms. The van der Waals surface area contributed by atoms with Gasteiger partial charge < -0.3 is 10.7 Å². The first-order chi connectivity index (χ1) is 8.61. The van der Waals surface area contributed by atoms with Gasteiger partial charge in [0.05, 0.1) is 11.9 Å². The number of hydrazine groups is 1. The Morgan fingerprint density at radius 3 is 2.72 bits per heavy atom. The molecular formula is C12H19N5O. The molecule has 1 fully saturated rings. The Kier molecular flexibility index (Phi) is 3.76. The molecule has 0 bridgehead atoms. The maximum atomic E-state index is 12.1. The molecule has 1 aromatic heterocycles. The minimum absolute atomic E-state index is 0.173. The molecule has 18 heavy (non-hydrogen) atoms. The SMILES string of the molecule is CC(C)c1ncc(NN)c(C(=O)NC2CCC2)n1. The van der Waals surface area contributed by atoms with Gasteiger partial charge in [-0.25, -0.2) is 9.97 Å². The average molecular weight is 249 g/mol. The maximum Gasteiger partial charge on any atom is 0.272 e. The second kappa shape index (κ2) is 5.30. The molecule has 4 N–H and O–H groups in total. The van der Waals surface area contributed by atoms with E-state index < -0.39 is 0 Å². The molecule has 1 amide bonds. The highest BCUT2D eigenvalue weighted by molar-refractivity contribution is 5.97. The molecule has 0 aliphatic heterocycles. The minimum atomic E-state index is -0.183. The van der Waals surface area contributed by atoms with E-state index in [0.29, 0.717) is 17.2 Å². The summed E-state index contributed by atoms with van der Waals surface area (Å²) in [5.41, 5.74) is 3.24. The second-order valence-electron chi connectivity index (χ2n) is 4.89. The quantitative estimate of drug-likeness (QED) is 0.550.